The van der Waals surface area contributed by atoms with E-state index in [0.717, 1.165) is 12.1 Å². The molecule has 0 aliphatic carbocycles. The predicted octanol–water partition coefficient (Wildman–Crippen LogP) is 2.87. The van der Waals surface area contributed by atoms with Gasteiger partial charge in [-0.3, -0.25) is 0 Å². The maximum absolute atomic E-state index is 13.7. The first-order chi connectivity index (χ1) is 8.19. The van der Waals surface area contributed by atoms with Gasteiger partial charge in [0.2, 0.25) is 0 Å². The van der Waals surface area contributed by atoms with Crippen LogP contribution in [0.1, 0.15) is 32.4 Å². The molecule has 1 aromatic rings. The fourth-order valence-corrected chi connectivity index (χ4v) is 1.52. The molecule has 0 heterocycles. The molecule has 3 nitrogen and oxygen atoms in total. The number of rotatable bonds is 7. The minimum atomic E-state index is -0.355. The minimum absolute atomic E-state index is 0.0789. The summed E-state index contributed by atoms with van der Waals surface area (Å²) in [5.74, 6) is -0.127. The van der Waals surface area contributed by atoms with Crippen molar-refractivity contribution >= 4 is 0 Å². The predicted molar refractivity (Wildman–Crippen MR) is 65.6 cm³/mol. The van der Waals surface area contributed by atoms with Crippen molar-refractivity contribution < 1.29 is 13.9 Å². The van der Waals surface area contributed by atoms with Gasteiger partial charge in [0, 0.05) is 12.6 Å². The number of hydrogen-bond acceptors (Lipinski definition) is 3. The molecule has 0 bridgehead atoms. The average molecular weight is 241 g/mol. The van der Waals surface area contributed by atoms with Crippen molar-refractivity contribution in [2.24, 2.45) is 0 Å². The molecule has 1 rings (SSSR count). The van der Waals surface area contributed by atoms with Crippen LogP contribution in [0.2, 0.25) is 0 Å². The fraction of sp³-hybridized carbons (Fsp3) is 0.538. The molecule has 0 aliphatic rings. The molecule has 0 aromatic heterocycles. The van der Waals surface area contributed by atoms with Gasteiger partial charge in [0.15, 0.2) is 18.4 Å². The lowest BCUT2D eigenvalue weighted by Crippen LogP contribution is -2.17. The molecular formula is C13H20FNO2. The molecule has 0 saturated heterocycles. The van der Waals surface area contributed by atoms with Gasteiger partial charge in [0.1, 0.15) is 0 Å². The maximum Gasteiger partial charge on any atom is 0.189 e. The summed E-state index contributed by atoms with van der Waals surface area (Å²) in [6.45, 7) is 7.37. The van der Waals surface area contributed by atoms with Gasteiger partial charge >= 0.3 is 0 Å². The highest BCUT2D eigenvalue weighted by Crippen LogP contribution is 2.22. The van der Waals surface area contributed by atoms with Gasteiger partial charge in [0.25, 0.3) is 0 Å². The third kappa shape index (κ3) is 4.32. The second-order valence-corrected chi connectivity index (χ2v) is 3.72. The zero-order valence-electron chi connectivity index (χ0n) is 10.6. The Morgan fingerprint density at radius 1 is 1.35 bits per heavy atom. The molecular weight excluding hydrogens is 221 g/mol. The van der Waals surface area contributed by atoms with Crippen molar-refractivity contribution in [2.45, 2.75) is 26.8 Å². The Kier molecular flexibility index (Phi) is 5.94. The normalized spacial score (nSPS) is 12.5. The van der Waals surface area contributed by atoms with E-state index >= 15 is 0 Å². The molecule has 1 N–H and O–H groups in total. The first kappa shape index (κ1) is 13.9. The van der Waals surface area contributed by atoms with Crippen molar-refractivity contribution in [2.75, 3.05) is 19.9 Å². The summed E-state index contributed by atoms with van der Waals surface area (Å²) in [6, 6.07) is 5.12. The van der Waals surface area contributed by atoms with Gasteiger partial charge in [-0.15, -0.1) is 0 Å². The molecule has 0 saturated carbocycles. The quantitative estimate of drug-likeness (QED) is 0.588. The van der Waals surface area contributed by atoms with Gasteiger partial charge in [0.05, 0.1) is 0 Å². The van der Waals surface area contributed by atoms with Crippen molar-refractivity contribution in [1.82, 2.24) is 5.32 Å². The molecule has 0 aliphatic heterocycles. The number of halogens is 1. The second-order valence-electron chi connectivity index (χ2n) is 3.72. The Labute approximate surface area is 102 Å². The minimum Gasteiger partial charge on any atom is -0.464 e. The van der Waals surface area contributed by atoms with Gasteiger partial charge in [-0.25, -0.2) is 4.39 Å². The zero-order chi connectivity index (χ0) is 12.7. The lowest BCUT2D eigenvalue weighted by Gasteiger charge is -2.14. The molecule has 17 heavy (non-hydrogen) atoms. The SMILES string of the molecule is CCNC(C)c1ccc(OCOCC)c(F)c1. The topological polar surface area (TPSA) is 30.5 Å². The van der Waals surface area contributed by atoms with Crippen molar-refractivity contribution in [3.63, 3.8) is 0 Å². The van der Waals surface area contributed by atoms with Crippen LogP contribution < -0.4 is 10.1 Å². The van der Waals surface area contributed by atoms with E-state index in [1.807, 2.05) is 26.8 Å². The van der Waals surface area contributed by atoms with Crippen LogP contribution in [-0.2, 0) is 4.74 Å². The summed E-state index contributed by atoms with van der Waals surface area (Å²) in [5.41, 5.74) is 0.910. The van der Waals surface area contributed by atoms with E-state index in [9.17, 15) is 4.39 Å². The number of nitrogens with one attached hydrogen (secondary N) is 1. The Morgan fingerprint density at radius 3 is 2.71 bits per heavy atom. The second kappa shape index (κ2) is 7.25. The lowest BCUT2D eigenvalue weighted by atomic mass is 10.1. The first-order valence-corrected chi connectivity index (χ1v) is 5.92. The zero-order valence-corrected chi connectivity index (χ0v) is 10.6. The van der Waals surface area contributed by atoms with Crippen molar-refractivity contribution in [3.05, 3.63) is 29.6 Å². The summed E-state index contributed by atoms with van der Waals surface area (Å²) in [7, 11) is 0. The van der Waals surface area contributed by atoms with E-state index in [1.54, 1.807) is 6.07 Å². The standard InChI is InChI=1S/C13H20FNO2/c1-4-15-10(3)11-6-7-13(12(14)8-11)17-9-16-5-2/h6-8,10,15H,4-5,9H2,1-3H3. The van der Waals surface area contributed by atoms with E-state index in [2.05, 4.69) is 5.32 Å². The van der Waals surface area contributed by atoms with Crippen LogP contribution in [0, 0.1) is 5.82 Å². The van der Waals surface area contributed by atoms with Gasteiger partial charge < -0.3 is 14.8 Å². The molecule has 0 radical (unpaired) electrons. The molecule has 0 fully saturated rings. The van der Waals surface area contributed by atoms with Crippen molar-refractivity contribution in [3.8, 4) is 5.75 Å². The molecule has 0 spiro atoms. The number of benzene rings is 1. The van der Waals surface area contributed by atoms with E-state index in [0.29, 0.717) is 6.61 Å². The third-order valence-electron chi connectivity index (χ3n) is 2.47. The summed E-state index contributed by atoms with van der Waals surface area (Å²) >= 11 is 0. The van der Waals surface area contributed by atoms with E-state index in [4.69, 9.17) is 9.47 Å². The largest absolute Gasteiger partial charge is 0.464 e. The van der Waals surface area contributed by atoms with Crippen LogP contribution in [0.4, 0.5) is 4.39 Å². The molecule has 1 aromatic carbocycles. The van der Waals surface area contributed by atoms with Crippen LogP contribution >= 0.6 is 0 Å². The van der Waals surface area contributed by atoms with Gasteiger partial charge in [-0.05, 0) is 38.1 Å². The van der Waals surface area contributed by atoms with Crippen LogP contribution in [-0.4, -0.2) is 19.9 Å². The van der Waals surface area contributed by atoms with Crippen LogP contribution in [0.5, 0.6) is 5.75 Å². The molecule has 1 unspecified atom stereocenters. The summed E-state index contributed by atoms with van der Waals surface area (Å²) in [4.78, 5) is 0. The molecule has 4 heteroatoms. The summed E-state index contributed by atoms with van der Waals surface area (Å²) < 4.78 is 23.8. The van der Waals surface area contributed by atoms with E-state index in [-0.39, 0.29) is 24.4 Å². The smallest absolute Gasteiger partial charge is 0.189 e. The van der Waals surface area contributed by atoms with E-state index in [1.165, 1.54) is 6.07 Å². The van der Waals surface area contributed by atoms with Gasteiger partial charge in [-0.1, -0.05) is 13.0 Å². The monoisotopic (exact) mass is 241 g/mol. The summed E-state index contributed by atoms with van der Waals surface area (Å²) in [5, 5.41) is 3.23. The Hall–Kier alpha value is -1.13. The van der Waals surface area contributed by atoms with E-state index < -0.39 is 0 Å². The highest BCUT2D eigenvalue weighted by atomic mass is 19.1. The molecule has 1 atom stereocenters. The Bertz CT molecular complexity index is 344. The van der Waals surface area contributed by atoms with Crippen LogP contribution in [0.25, 0.3) is 0 Å². The third-order valence-corrected chi connectivity index (χ3v) is 2.47. The number of hydrogen-bond donors (Lipinski definition) is 1. The van der Waals surface area contributed by atoms with Crippen molar-refractivity contribution in [1.29, 1.82) is 0 Å². The maximum atomic E-state index is 13.7. The number of ether oxygens (including phenoxy) is 2. The average Bonchev–Trinajstić information content (AvgIpc) is 2.31. The fourth-order valence-electron chi connectivity index (χ4n) is 1.52. The van der Waals surface area contributed by atoms with Crippen LogP contribution in [0.15, 0.2) is 18.2 Å². The highest BCUT2D eigenvalue weighted by Gasteiger charge is 2.09. The Balaban J connectivity index is 2.65. The van der Waals surface area contributed by atoms with Crippen LogP contribution in [0.3, 0.4) is 0 Å². The first-order valence-electron chi connectivity index (χ1n) is 5.92. The van der Waals surface area contributed by atoms with Gasteiger partial charge in [-0.2, -0.15) is 0 Å². The molecule has 96 valence electrons. The highest BCUT2D eigenvalue weighted by molar-refractivity contribution is 5.30. The summed E-state index contributed by atoms with van der Waals surface area (Å²) in [6.07, 6.45) is 0. The Morgan fingerprint density at radius 2 is 2.12 bits per heavy atom. The lowest BCUT2D eigenvalue weighted by molar-refractivity contribution is 0.0201. The molecule has 0 amide bonds.